The van der Waals surface area contributed by atoms with E-state index in [1.165, 1.54) is 36.9 Å². The fourth-order valence-electron chi connectivity index (χ4n) is 9.85. The summed E-state index contributed by atoms with van der Waals surface area (Å²) < 4.78 is 42.4. The molecule has 0 amide bonds. The Kier molecular flexibility index (Phi) is 7.78. The molecule has 5 fully saturated rings. The van der Waals surface area contributed by atoms with Crippen molar-refractivity contribution in [1.82, 2.24) is 4.90 Å². The summed E-state index contributed by atoms with van der Waals surface area (Å²) in [5.41, 5.74) is 2.76. The minimum absolute atomic E-state index is 0.00128. The zero-order chi connectivity index (χ0) is 28.1. The average molecular weight is 572 g/mol. The molecule has 0 aromatic heterocycles. The molecule has 7 aliphatic rings. The smallest absolute Gasteiger partial charge is 0.165 e. The quantitative estimate of drug-likeness (QED) is 0.276. The first kappa shape index (κ1) is 28.4. The van der Waals surface area contributed by atoms with Gasteiger partial charge in [-0.25, -0.2) is 0 Å². The molecular formula is C33H49NO7. The number of likely N-dealkylation sites (tertiary alicyclic amines) is 1. The number of nitrogens with zero attached hydrogens (tertiary/aromatic N) is 1. The highest BCUT2D eigenvalue weighted by Crippen LogP contribution is 2.76. The number of hydrogen-bond acceptors (Lipinski definition) is 8. The Bertz CT molecular complexity index is 1100. The molecule has 3 unspecified atom stereocenters. The third kappa shape index (κ3) is 4.30. The fraction of sp³-hybridized carbons (Fsp3) is 0.818. The third-order valence-corrected chi connectivity index (χ3v) is 11.7. The zero-order valence-corrected chi connectivity index (χ0v) is 25.3. The molecule has 4 saturated carbocycles. The van der Waals surface area contributed by atoms with E-state index in [1.807, 2.05) is 7.11 Å². The Labute approximate surface area is 245 Å². The van der Waals surface area contributed by atoms with Gasteiger partial charge in [0, 0.05) is 62.3 Å². The van der Waals surface area contributed by atoms with Gasteiger partial charge in [0.1, 0.15) is 11.7 Å². The molecule has 4 bridgehead atoms. The standard InChI is InChI=1S/C33H49NO7/c1-35-15-16-38-13-4-14-39-17-18-40-22-25-20-31-9-10-33(25,37-3)30-32(31)11-12-34(21-23-5-6-23)27(31)19-24-7-8-26(36-2)29(41-30)28(24)32/h7-8,23,25,27,30H,4-6,9-22H2,1-3H3/t25-,27-,30-,31?,32?,33?/m1/s1. The van der Waals surface area contributed by atoms with Crippen molar-refractivity contribution in [2.75, 3.05) is 80.7 Å². The van der Waals surface area contributed by atoms with E-state index in [0.29, 0.717) is 58.2 Å². The lowest BCUT2D eigenvalue weighted by Crippen LogP contribution is -2.81. The molecule has 1 aromatic rings. The Hall–Kier alpha value is -1.42. The van der Waals surface area contributed by atoms with Crippen LogP contribution in [0.15, 0.2) is 12.1 Å². The average Bonchev–Trinajstić information content (AvgIpc) is 3.74. The number of rotatable bonds is 16. The second kappa shape index (κ2) is 11.3. The van der Waals surface area contributed by atoms with Crippen molar-refractivity contribution < 1.29 is 33.2 Å². The fourth-order valence-corrected chi connectivity index (χ4v) is 9.85. The molecule has 1 aromatic carbocycles. The molecule has 0 N–H and O–H groups in total. The van der Waals surface area contributed by atoms with Crippen LogP contribution in [-0.4, -0.2) is 103 Å². The molecule has 0 radical (unpaired) electrons. The van der Waals surface area contributed by atoms with Crippen LogP contribution in [0, 0.1) is 17.3 Å². The van der Waals surface area contributed by atoms with Crippen molar-refractivity contribution in [1.29, 1.82) is 0 Å². The van der Waals surface area contributed by atoms with Crippen LogP contribution in [0.4, 0.5) is 0 Å². The van der Waals surface area contributed by atoms with Gasteiger partial charge >= 0.3 is 0 Å². The lowest BCUT2D eigenvalue weighted by atomic mass is 9.35. The van der Waals surface area contributed by atoms with Gasteiger partial charge in [-0.1, -0.05) is 6.07 Å². The van der Waals surface area contributed by atoms with Crippen LogP contribution in [0.2, 0.25) is 0 Å². The van der Waals surface area contributed by atoms with Crippen molar-refractivity contribution in [3.05, 3.63) is 23.3 Å². The largest absolute Gasteiger partial charge is 0.493 e. The van der Waals surface area contributed by atoms with Crippen molar-refractivity contribution in [3.8, 4) is 11.5 Å². The van der Waals surface area contributed by atoms with E-state index in [4.69, 9.17) is 33.2 Å². The van der Waals surface area contributed by atoms with Gasteiger partial charge in [-0.05, 0) is 75.5 Å². The highest BCUT2D eigenvalue weighted by Gasteiger charge is 2.80. The minimum Gasteiger partial charge on any atom is -0.493 e. The van der Waals surface area contributed by atoms with Gasteiger partial charge in [0.05, 0.1) is 40.1 Å². The van der Waals surface area contributed by atoms with E-state index in [2.05, 4.69) is 17.0 Å². The lowest BCUT2D eigenvalue weighted by Gasteiger charge is -2.74. The molecule has 41 heavy (non-hydrogen) atoms. The first-order chi connectivity index (χ1) is 20.1. The second-order valence-electron chi connectivity index (χ2n) is 13.4. The predicted molar refractivity (Wildman–Crippen MR) is 154 cm³/mol. The Balaban J connectivity index is 1.09. The molecule has 8 heteroatoms. The van der Waals surface area contributed by atoms with Crippen molar-refractivity contribution >= 4 is 0 Å². The number of piperidine rings is 1. The van der Waals surface area contributed by atoms with Crippen LogP contribution in [0.1, 0.15) is 56.1 Å². The summed E-state index contributed by atoms with van der Waals surface area (Å²) >= 11 is 0. The van der Waals surface area contributed by atoms with Crippen LogP contribution in [0.25, 0.3) is 0 Å². The van der Waals surface area contributed by atoms with E-state index in [-0.39, 0.29) is 22.5 Å². The lowest BCUT2D eigenvalue weighted by molar-refractivity contribution is -0.283. The molecule has 2 aliphatic heterocycles. The maximum absolute atomic E-state index is 7.12. The summed E-state index contributed by atoms with van der Waals surface area (Å²) in [5, 5.41) is 0. The van der Waals surface area contributed by atoms with Gasteiger partial charge in [-0.3, -0.25) is 4.90 Å². The molecule has 2 spiro atoms. The summed E-state index contributed by atoms with van der Waals surface area (Å²) in [5.74, 6) is 3.06. The third-order valence-electron chi connectivity index (χ3n) is 11.7. The molecule has 8 nitrogen and oxygen atoms in total. The summed E-state index contributed by atoms with van der Waals surface area (Å²) in [7, 11) is 5.37. The first-order valence-electron chi connectivity index (χ1n) is 16.0. The summed E-state index contributed by atoms with van der Waals surface area (Å²) in [6.07, 6.45) is 9.33. The molecular weight excluding hydrogens is 522 g/mol. The molecule has 1 saturated heterocycles. The highest BCUT2D eigenvalue weighted by molar-refractivity contribution is 5.63. The summed E-state index contributed by atoms with van der Waals surface area (Å²) in [6.45, 7) is 6.95. The number of ether oxygens (including phenoxy) is 7. The van der Waals surface area contributed by atoms with Crippen LogP contribution in [0.3, 0.4) is 0 Å². The van der Waals surface area contributed by atoms with E-state index in [0.717, 1.165) is 56.1 Å². The van der Waals surface area contributed by atoms with Gasteiger partial charge in [0.2, 0.25) is 0 Å². The Morgan fingerprint density at radius 1 is 0.927 bits per heavy atom. The minimum atomic E-state index is -0.357. The van der Waals surface area contributed by atoms with Crippen LogP contribution in [0.5, 0.6) is 11.5 Å². The normalized spacial score (nSPS) is 36.3. The molecule has 8 rings (SSSR count). The Morgan fingerprint density at radius 2 is 1.73 bits per heavy atom. The highest BCUT2D eigenvalue weighted by atomic mass is 16.6. The molecule has 5 aliphatic carbocycles. The Morgan fingerprint density at radius 3 is 2.49 bits per heavy atom. The van der Waals surface area contributed by atoms with E-state index in [1.54, 1.807) is 14.2 Å². The molecule has 6 atom stereocenters. The summed E-state index contributed by atoms with van der Waals surface area (Å²) in [6, 6.07) is 5.02. The van der Waals surface area contributed by atoms with Crippen LogP contribution >= 0.6 is 0 Å². The van der Waals surface area contributed by atoms with E-state index >= 15 is 0 Å². The summed E-state index contributed by atoms with van der Waals surface area (Å²) in [4.78, 5) is 2.89. The second-order valence-corrected chi connectivity index (χ2v) is 13.4. The van der Waals surface area contributed by atoms with Crippen LogP contribution < -0.4 is 9.47 Å². The van der Waals surface area contributed by atoms with Gasteiger partial charge < -0.3 is 33.2 Å². The van der Waals surface area contributed by atoms with Gasteiger partial charge in [0.15, 0.2) is 11.5 Å². The van der Waals surface area contributed by atoms with Crippen molar-refractivity contribution in [2.45, 2.75) is 74.5 Å². The van der Waals surface area contributed by atoms with E-state index in [9.17, 15) is 0 Å². The van der Waals surface area contributed by atoms with Gasteiger partial charge in [-0.2, -0.15) is 0 Å². The van der Waals surface area contributed by atoms with Gasteiger partial charge in [0.25, 0.3) is 0 Å². The van der Waals surface area contributed by atoms with Crippen LogP contribution in [-0.2, 0) is 35.5 Å². The number of methoxy groups -OCH3 is 3. The number of hydrogen-bond donors (Lipinski definition) is 0. The monoisotopic (exact) mass is 571 g/mol. The topological polar surface area (TPSA) is 67.9 Å². The maximum atomic E-state index is 7.12. The maximum Gasteiger partial charge on any atom is 0.165 e. The zero-order valence-electron chi connectivity index (χ0n) is 25.3. The SMILES string of the molecule is COCCOCCCOCCOC[C@H]1CC23CCC1(OC)[C@@H]1Oc4c(OC)ccc5c4C12CCN(CC1CC1)[C@@H]3C5. The van der Waals surface area contributed by atoms with Crippen molar-refractivity contribution in [2.24, 2.45) is 17.3 Å². The predicted octanol–water partition coefficient (Wildman–Crippen LogP) is 4.01. The number of fused-ring (bicyclic) bond motifs is 2. The van der Waals surface area contributed by atoms with Crippen molar-refractivity contribution in [3.63, 3.8) is 0 Å². The molecule has 2 heterocycles. The molecule has 228 valence electrons. The van der Waals surface area contributed by atoms with E-state index < -0.39 is 0 Å². The van der Waals surface area contributed by atoms with Gasteiger partial charge in [-0.15, -0.1) is 0 Å². The first-order valence-corrected chi connectivity index (χ1v) is 16.0. The number of benzene rings is 1.